The van der Waals surface area contributed by atoms with E-state index in [0.717, 1.165) is 5.33 Å². The van der Waals surface area contributed by atoms with Crippen LogP contribution in [0.15, 0.2) is 0 Å². The van der Waals surface area contributed by atoms with Crippen molar-refractivity contribution in [2.24, 2.45) is 0 Å². The van der Waals surface area contributed by atoms with Crippen LogP contribution >= 0.6 is 15.9 Å². The average Bonchev–Trinajstić information content (AvgIpc) is 2.62. The Balaban J connectivity index is 1.92. The molecule has 54 valence electrons. The lowest BCUT2D eigenvalue weighted by atomic mass is 10.2. The van der Waals surface area contributed by atoms with Crippen molar-refractivity contribution < 1.29 is 4.74 Å². The molecule has 0 spiro atoms. The zero-order valence-corrected chi connectivity index (χ0v) is 7.36. The summed E-state index contributed by atoms with van der Waals surface area (Å²) in [7, 11) is 0. The van der Waals surface area contributed by atoms with E-state index in [9.17, 15) is 0 Å². The molecule has 1 fully saturated rings. The maximum Gasteiger partial charge on any atom is 0.0938 e. The molecule has 1 nitrogen and oxygen atoms in total. The van der Waals surface area contributed by atoms with E-state index < -0.39 is 0 Å². The number of hydrogen-bond acceptors (Lipinski definition) is 1. The maximum atomic E-state index is 5.32. The highest BCUT2D eigenvalue weighted by Crippen LogP contribution is 2.28. The van der Waals surface area contributed by atoms with E-state index in [4.69, 9.17) is 4.74 Å². The Labute approximate surface area is 64.9 Å². The van der Waals surface area contributed by atoms with Crippen LogP contribution in [0.1, 0.15) is 26.2 Å². The van der Waals surface area contributed by atoms with Crippen LogP contribution in [-0.4, -0.2) is 17.5 Å². The van der Waals surface area contributed by atoms with Gasteiger partial charge in [0.15, 0.2) is 0 Å². The Kier molecular flexibility index (Phi) is 2.99. The Hall–Kier alpha value is 0.440. The van der Waals surface area contributed by atoms with Crippen LogP contribution in [0, 0.1) is 0 Å². The second-order valence-corrected chi connectivity index (χ2v) is 3.16. The summed E-state index contributed by atoms with van der Waals surface area (Å²) in [5, 5.41) is 1.02. The van der Waals surface area contributed by atoms with Gasteiger partial charge in [-0.15, -0.1) is 0 Å². The van der Waals surface area contributed by atoms with Crippen LogP contribution in [0.5, 0.6) is 0 Å². The molecule has 2 unspecified atom stereocenters. The lowest BCUT2D eigenvalue weighted by Crippen LogP contribution is -1.93. The molecule has 1 aliphatic rings. The van der Waals surface area contributed by atoms with Gasteiger partial charge in [-0.1, -0.05) is 35.7 Å². The number of epoxide rings is 1. The van der Waals surface area contributed by atoms with Gasteiger partial charge in [-0.2, -0.15) is 0 Å². The molecule has 0 bridgehead atoms. The van der Waals surface area contributed by atoms with Gasteiger partial charge in [-0.05, 0) is 6.42 Å². The van der Waals surface area contributed by atoms with E-state index in [0.29, 0.717) is 12.2 Å². The Morgan fingerprint density at radius 2 is 2.22 bits per heavy atom. The van der Waals surface area contributed by atoms with Crippen LogP contribution in [0.2, 0.25) is 0 Å². The van der Waals surface area contributed by atoms with Crippen LogP contribution in [0.4, 0.5) is 0 Å². The van der Waals surface area contributed by atoms with E-state index in [1.165, 1.54) is 19.3 Å². The van der Waals surface area contributed by atoms with Gasteiger partial charge >= 0.3 is 0 Å². The van der Waals surface area contributed by atoms with Gasteiger partial charge in [0.05, 0.1) is 12.2 Å². The minimum absolute atomic E-state index is 0.538. The predicted octanol–water partition coefficient (Wildman–Crippen LogP) is 2.34. The number of hydrogen-bond donors (Lipinski definition) is 0. The fourth-order valence-corrected chi connectivity index (χ4v) is 1.54. The first-order chi connectivity index (χ1) is 4.38. The Bertz CT molecular complexity index is 85.0. The van der Waals surface area contributed by atoms with Crippen LogP contribution in [-0.2, 0) is 4.74 Å². The first-order valence-corrected chi connectivity index (χ1v) is 4.72. The second-order valence-electron chi connectivity index (χ2n) is 2.51. The SMILES string of the molecule is CCCCC1OC1CBr. The number of halogens is 1. The summed E-state index contributed by atoms with van der Waals surface area (Å²) in [4.78, 5) is 0. The van der Waals surface area contributed by atoms with Crippen molar-refractivity contribution in [3.05, 3.63) is 0 Å². The lowest BCUT2D eigenvalue weighted by Gasteiger charge is -1.88. The van der Waals surface area contributed by atoms with E-state index in [1.54, 1.807) is 0 Å². The summed E-state index contributed by atoms with van der Waals surface area (Å²) < 4.78 is 5.32. The van der Waals surface area contributed by atoms with Crippen molar-refractivity contribution in [1.82, 2.24) is 0 Å². The molecule has 1 heterocycles. The molecule has 1 aliphatic heterocycles. The molecule has 0 aliphatic carbocycles. The maximum absolute atomic E-state index is 5.32. The highest BCUT2D eigenvalue weighted by Gasteiger charge is 2.36. The number of unbranched alkanes of at least 4 members (excludes halogenated alkanes) is 1. The third-order valence-electron chi connectivity index (χ3n) is 1.68. The third-order valence-corrected chi connectivity index (χ3v) is 2.32. The molecule has 2 atom stereocenters. The first-order valence-electron chi connectivity index (χ1n) is 3.60. The van der Waals surface area contributed by atoms with Crippen molar-refractivity contribution in [2.45, 2.75) is 38.4 Å². The molecule has 9 heavy (non-hydrogen) atoms. The van der Waals surface area contributed by atoms with Gasteiger partial charge in [0.2, 0.25) is 0 Å². The molecule has 0 saturated carbocycles. The molecule has 1 saturated heterocycles. The number of alkyl halides is 1. The zero-order chi connectivity index (χ0) is 6.69. The molecule has 0 aromatic rings. The Morgan fingerprint density at radius 1 is 1.44 bits per heavy atom. The summed E-state index contributed by atoms with van der Waals surface area (Å²) >= 11 is 3.38. The van der Waals surface area contributed by atoms with Gasteiger partial charge in [0.25, 0.3) is 0 Å². The van der Waals surface area contributed by atoms with Gasteiger partial charge in [-0.25, -0.2) is 0 Å². The van der Waals surface area contributed by atoms with Crippen molar-refractivity contribution in [3.8, 4) is 0 Å². The van der Waals surface area contributed by atoms with Gasteiger partial charge in [-0.3, -0.25) is 0 Å². The third kappa shape index (κ3) is 2.26. The molecule has 0 amide bonds. The summed E-state index contributed by atoms with van der Waals surface area (Å²) in [5.74, 6) is 0. The molecular formula is C7H13BrO. The van der Waals surface area contributed by atoms with E-state index in [2.05, 4.69) is 22.9 Å². The predicted molar refractivity (Wildman–Crippen MR) is 42.0 cm³/mol. The fourth-order valence-electron chi connectivity index (χ4n) is 0.974. The average molecular weight is 193 g/mol. The fraction of sp³-hybridized carbons (Fsp3) is 1.00. The first kappa shape index (κ1) is 7.55. The summed E-state index contributed by atoms with van der Waals surface area (Å²) in [6, 6.07) is 0. The van der Waals surface area contributed by atoms with Gasteiger partial charge in [0.1, 0.15) is 0 Å². The van der Waals surface area contributed by atoms with Crippen molar-refractivity contribution in [1.29, 1.82) is 0 Å². The highest BCUT2D eigenvalue weighted by atomic mass is 79.9. The molecule has 2 heteroatoms. The van der Waals surface area contributed by atoms with Crippen LogP contribution < -0.4 is 0 Å². The van der Waals surface area contributed by atoms with Crippen molar-refractivity contribution in [3.63, 3.8) is 0 Å². The minimum atomic E-state index is 0.538. The summed E-state index contributed by atoms with van der Waals surface area (Å²) in [5.41, 5.74) is 0. The zero-order valence-electron chi connectivity index (χ0n) is 5.77. The normalized spacial score (nSPS) is 32.7. The van der Waals surface area contributed by atoms with Gasteiger partial charge in [0, 0.05) is 5.33 Å². The highest BCUT2D eigenvalue weighted by molar-refractivity contribution is 9.09. The van der Waals surface area contributed by atoms with E-state index in [-0.39, 0.29) is 0 Å². The summed E-state index contributed by atoms with van der Waals surface area (Å²) in [6.45, 7) is 2.21. The van der Waals surface area contributed by atoms with E-state index >= 15 is 0 Å². The molecule has 1 rings (SSSR count). The lowest BCUT2D eigenvalue weighted by molar-refractivity contribution is 0.368. The second kappa shape index (κ2) is 3.57. The van der Waals surface area contributed by atoms with Crippen molar-refractivity contribution >= 4 is 15.9 Å². The molecule has 0 radical (unpaired) electrons. The number of ether oxygens (including phenoxy) is 1. The smallest absolute Gasteiger partial charge is 0.0938 e. The Morgan fingerprint density at radius 3 is 2.67 bits per heavy atom. The topological polar surface area (TPSA) is 12.5 Å². The monoisotopic (exact) mass is 192 g/mol. The molecule has 0 N–H and O–H groups in total. The number of rotatable bonds is 4. The quantitative estimate of drug-likeness (QED) is 0.493. The molecule has 0 aromatic heterocycles. The van der Waals surface area contributed by atoms with Crippen molar-refractivity contribution in [2.75, 3.05) is 5.33 Å². The summed E-state index contributed by atoms with van der Waals surface area (Å²) in [6.07, 6.45) is 4.98. The largest absolute Gasteiger partial charge is 0.369 e. The minimum Gasteiger partial charge on any atom is -0.369 e. The van der Waals surface area contributed by atoms with Crippen LogP contribution in [0.3, 0.4) is 0 Å². The molecular weight excluding hydrogens is 180 g/mol. The van der Waals surface area contributed by atoms with Gasteiger partial charge < -0.3 is 4.74 Å². The molecule has 0 aromatic carbocycles. The van der Waals surface area contributed by atoms with E-state index in [1.807, 2.05) is 0 Å². The standard InChI is InChI=1S/C7H13BrO/c1-2-3-4-6-7(5-8)9-6/h6-7H,2-5H2,1H3. The van der Waals surface area contributed by atoms with Crippen LogP contribution in [0.25, 0.3) is 0 Å².